The predicted octanol–water partition coefficient (Wildman–Crippen LogP) is 3.00. The van der Waals surface area contributed by atoms with E-state index in [1.165, 1.54) is 0 Å². The molecule has 0 saturated carbocycles. The molecule has 26 heavy (non-hydrogen) atoms. The van der Waals surface area contributed by atoms with Crippen molar-refractivity contribution in [3.63, 3.8) is 0 Å². The molecular weight excluding hydrogens is 332 g/mol. The van der Waals surface area contributed by atoms with Crippen LogP contribution in [0.15, 0.2) is 17.9 Å². The Morgan fingerprint density at radius 3 is 2.42 bits per heavy atom. The van der Waals surface area contributed by atoms with Crippen LogP contribution in [0.5, 0.6) is 0 Å². The minimum Gasteiger partial charge on any atom is -0.511 e. The van der Waals surface area contributed by atoms with Gasteiger partial charge in [0.05, 0.1) is 36.7 Å². The van der Waals surface area contributed by atoms with Crippen LogP contribution in [0.2, 0.25) is 0 Å². The Morgan fingerprint density at radius 2 is 1.77 bits per heavy atom. The standard InChI is InChI=1S/C21H24O5/c1-10-8-11(2)14(12(3)9-10)16-18(22)15-13-4-5-21(26-13,17(15)19(16)23)20-24-6-7-25-20/h8-9,13,15,17,20,22H,4-7H2,1-3H3/t13-,15-,17+,21+/m0/s1. The number of allylic oxidation sites excluding steroid dienone is 1. The summed E-state index contributed by atoms with van der Waals surface area (Å²) in [6.45, 7) is 7.09. The molecule has 1 aromatic carbocycles. The molecule has 4 atom stereocenters. The molecule has 5 rings (SSSR count). The quantitative estimate of drug-likeness (QED) is 0.882. The van der Waals surface area contributed by atoms with Gasteiger partial charge in [0, 0.05) is 0 Å². The van der Waals surface area contributed by atoms with Crippen LogP contribution in [-0.2, 0) is 19.0 Å². The highest BCUT2D eigenvalue weighted by molar-refractivity contribution is 6.26. The van der Waals surface area contributed by atoms with E-state index in [4.69, 9.17) is 14.2 Å². The molecule has 0 aromatic heterocycles. The molecule has 2 bridgehead atoms. The van der Waals surface area contributed by atoms with Crippen LogP contribution in [-0.4, -0.2) is 42.1 Å². The normalized spacial score (nSPS) is 36.4. The van der Waals surface area contributed by atoms with Gasteiger partial charge in [0.25, 0.3) is 0 Å². The van der Waals surface area contributed by atoms with Gasteiger partial charge < -0.3 is 19.3 Å². The van der Waals surface area contributed by atoms with E-state index in [-0.39, 0.29) is 23.6 Å². The maximum atomic E-state index is 13.5. The highest BCUT2D eigenvalue weighted by Gasteiger charge is 2.70. The number of aryl methyl sites for hydroxylation is 3. The maximum absolute atomic E-state index is 13.5. The van der Waals surface area contributed by atoms with Gasteiger partial charge in [0.1, 0.15) is 11.4 Å². The number of rotatable bonds is 2. The zero-order valence-electron chi connectivity index (χ0n) is 15.4. The smallest absolute Gasteiger partial charge is 0.187 e. The Balaban J connectivity index is 1.62. The highest BCUT2D eigenvalue weighted by atomic mass is 16.7. The van der Waals surface area contributed by atoms with Gasteiger partial charge in [-0.05, 0) is 50.3 Å². The lowest BCUT2D eigenvalue weighted by molar-refractivity contribution is -0.193. The molecule has 1 aliphatic carbocycles. The van der Waals surface area contributed by atoms with Crippen molar-refractivity contribution in [1.29, 1.82) is 0 Å². The molecule has 0 radical (unpaired) electrons. The molecule has 5 heteroatoms. The fraction of sp³-hybridized carbons (Fsp3) is 0.571. The molecule has 3 heterocycles. The number of aliphatic hydroxyl groups excluding tert-OH is 1. The number of Topliss-reactive ketones (excluding diaryl/α,β-unsaturated/α-hetero) is 1. The molecular formula is C21H24O5. The molecule has 1 aromatic rings. The van der Waals surface area contributed by atoms with E-state index in [1.807, 2.05) is 20.8 Å². The topological polar surface area (TPSA) is 65.0 Å². The fourth-order valence-corrected chi connectivity index (χ4v) is 5.72. The Labute approximate surface area is 152 Å². The molecule has 0 spiro atoms. The summed E-state index contributed by atoms with van der Waals surface area (Å²) < 4.78 is 17.8. The third kappa shape index (κ3) is 1.94. The van der Waals surface area contributed by atoms with E-state index >= 15 is 0 Å². The van der Waals surface area contributed by atoms with Crippen LogP contribution >= 0.6 is 0 Å². The summed E-state index contributed by atoms with van der Waals surface area (Å²) in [5, 5.41) is 11.1. The number of benzene rings is 1. The summed E-state index contributed by atoms with van der Waals surface area (Å²) in [5.74, 6) is -0.526. The van der Waals surface area contributed by atoms with Crippen molar-refractivity contribution in [3.05, 3.63) is 40.1 Å². The molecule has 4 aliphatic rings. The van der Waals surface area contributed by atoms with Crippen molar-refractivity contribution >= 4 is 11.4 Å². The number of ketones is 1. The Kier molecular flexibility index (Phi) is 3.43. The Hall–Kier alpha value is -1.69. The Morgan fingerprint density at radius 1 is 1.12 bits per heavy atom. The second kappa shape index (κ2) is 5.41. The van der Waals surface area contributed by atoms with Crippen molar-refractivity contribution in [1.82, 2.24) is 0 Å². The summed E-state index contributed by atoms with van der Waals surface area (Å²) in [7, 11) is 0. The summed E-state index contributed by atoms with van der Waals surface area (Å²) in [5.41, 5.74) is 3.79. The number of carbonyl (C=O) groups excluding carboxylic acids is 1. The van der Waals surface area contributed by atoms with E-state index in [9.17, 15) is 9.90 Å². The number of hydrogen-bond acceptors (Lipinski definition) is 5. The SMILES string of the molecule is Cc1cc(C)c(C2=C(O)[C@H]3[C@@H]4CC[C@@](C5OCCO5)(O4)[C@H]3C2=O)c(C)c1. The largest absolute Gasteiger partial charge is 0.511 e. The lowest BCUT2D eigenvalue weighted by atomic mass is 9.71. The third-order valence-corrected chi connectivity index (χ3v) is 6.53. The van der Waals surface area contributed by atoms with Gasteiger partial charge in [-0.1, -0.05) is 17.7 Å². The Bertz CT molecular complexity index is 812. The van der Waals surface area contributed by atoms with Gasteiger partial charge in [-0.25, -0.2) is 0 Å². The fourth-order valence-electron chi connectivity index (χ4n) is 5.72. The monoisotopic (exact) mass is 356 g/mol. The summed E-state index contributed by atoms with van der Waals surface area (Å²) in [6.07, 6.45) is 0.904. The summed E-state index contributed by atoms with van der Waals surface area (Å²) in [4.78, 5) is 13.5. The van der Waals surface area contributed by atoms with Crippen LogP contribution in [0.4, 0.5) is 0 Å². The van der Waals surface area contributed by atoms with Crippen molar-refractivity contribution < 1.29 is 24.1 Å². The first-order chi connectivity index (χ1) is 12.4. The van der Waals surface area contributed by atoms with E-state index in [2.05, 4.69) is 12.1 Å². The minimum atomic E-state index is -0.759. The van der Waals surface area contributed by atoms with E-state index in [0.717, 1.165) is 35.1 Å². The van der Waals surface area contributed by atoms with E-state index in [1.54, 1.807) is 0 Å². The molecule has 1 N–H and O–H groups in total. The first kappa shape index (κ1) is 16.5. The average molecular weight is 356 g/mol. The first-order valence-corrected chi connectivity index (χ1v) is 9.40. The van der Waals surface area contributed by atoms with Gasteiger partial charge in [0.2, 0.25) is 0 Å². The lowest BCUT2D eigenvalue weighted by Gasteiger charge is -2.35. The van der Waals surface area contributed by atoms with Crippen molar-refractivity contribution in [2.24, 2.45) is 11.8 Å². The number of carbonyl (C=O) groups is 1. The third-order valence-electron chi connectivity index (χ3n) is 6.53. The van der Waals surface area contributed by atoms with E-state index in [0.29, 0.717) is 18.8 Å². The maximum Gasteiger partial charge on any atom is 0.187 e. The van der Waals surface area contributed by atoms with Gasteiger partial charge in [-0.2, -0.15) is 0 Å². The molecule has 0 amide bonds. The van der Waals surface area contributed by atoms with Crippen molar-refractivity contribution in [2.75, 3.05) is 13.2 Å². The summed E-state index contributed by atoms with van der Waals surface area (Å²) >= 11 is 0. The zero-order valence-corrected chi connectivity index (χ0v) is 15.4. The van der Waals surface area contributed by atoms with Crippen molar-refractivity contribution in [2.45, 2.75) is 51.6 Å². The van der Waals surface area contributed by atoms with Gasteiger partial charge in [0.15, 0.2) is 12.1 Å². The molecule has 3 aliphatic heterocycles. The van der Waals surface area contributed by atoms with Crippen LogP contribution in [0.1, 0.15) is 35.1 Å². The van der Waals surface area contributed by atoms with Gasteiger partial charge >= 0.3 is 0 Å². The summed E-state index contributed by atoms with van der Waals surface area (Å²) in [6, 6.07) is 4.13. The van der Waals surface area contributed by atoms with Crippen LogP contribution in [0, 0.1) is 32.6 Å². The number of fused-ring (bicyclic) bond motifs is 5. The lowest BCUT2D eigenvalue weighted by Crippen LogP contribution is -2.50. The van der Waals surface area contributed by atoms with E-state index < -0.39 is 17.8 Å². The van der Waals surface area contributed by atoms with Crippen LogP contribution < -0.4 is 0 Å². The molecule has 3 fully saturated rings. The second-order valence-electron chi connectivity index (χ2n) is 8.13. The van der Waals surface area contributed by atoms with Gasteiger partial charge in [-0.15, -0.1) is 0 Å². The number of aliphatic hydroxyl groups is 1. The number of hydrogen-bond donors (Lipinski definition) is 1. The molecule has 3 saturated heterocycles. The van der Waals surface area contributed by atoms with Crippen molar-refractivity contribution in [3.8, 4) is 0 Å². The van der Waals surface area contributed by atoms with Crippen LogP contribution in [0.3, 0.4) is 0 Å². The highest BCUT2D eigenvalue weighted by Crippen LogP contribution is 2.61. The average Bonchev–Trinajstić information content (AvgIpc) is 3.33. The molecule has 0 unspecified atom stereocenters. The zero-order chi connectivity index (χ0) is 18.2. The van der Waals surface area contributed by atoms with Gasteiger partial charge in [-0.3, -0.25) is 4.79 Å². The predicted molar refractivity (Wildman–Crippen MR) is 94.7 cm³/mol. The number of ether oxygens (including phenoxy) is 3. The minimum absolute atomic E-state index is 0.0242. The van der Waals surface area contributed by atoms with Crippen LogP contribution in [0.25, 0.3) is 5.57 Å². The second-order valence-corrected chi connectivity index (χ2v) is 8.13. The molecule has 5 nitrogen and oxygen atoms in total. The molecule has 138 valence electrons. The first-order valence-electron chi connectivity index (χ1n) is 9.40.